The number of fused-ring (bicyclic) bond motifs is 1. The van der Waals surface area contributed by atoms with Crippen LogP contribution in [0, 0.1) is 10.1 Å². The summed E-state index contributed by atoms with van der Waals surface area (Å²) < 4.78 is 5.04. The van der Waals surface area contributed by atoms with Crippen LogP contribution in [0.5, 0.6) is 5.75 Å². The largest absolute Gasteiger partial charge is 0.490 e. The van der Waals surface area contributed by atoms with Gasteiger partial charge in [0.25, 0.3) is 0 Å². The molecular formula is C11H14N2O3. The van der Waals surface area contributed by atoms with Gasteiger partial charge in [0, 0.05) is 19.2 Å². The Balaban J connectivity index is 2.42. The van der Waals surface area contributed by atoms with Gasteiger partial charge in [-0.05, 0) is 23.7 Å². The molecule has 5 nitrogen and oxygen atoms in total. The third kappa shape index (κ3) is 1.74. The SMILES string of the molecule is CCN1Cc2cc(OC)c([N+](=O)[O-])cc2C1. The maximum atomic E-state index is 10.8. The summed E-state index contributed by atoms with van der Waals surface area (Å²) in [7, 11) is 1.46. The maximum absolute atomic E-state index is 10.8. The summed E-state index contributed by atoms with van der Waals surface area (Å²) in [6.45, 7) is 4.67. The second-order valence-electron chi connectivity index (χ2n) is 3.85. The minimum atomic E-state index is -0.395. The zero-order valence-corrected chi connectivity index (χ0v) is 9.40. The zero-order valence-electron chi connectivity index (χ0n) is 9.40. The molecule has 1 aliphatic heterocycles. The van der Waals surface area contributed by atoms with Gasteiger partial charge in [-0.15, -0.1) is 0 Å². The van der Waals surface area contributed by atoms with E-state index in [-0.39, 0.29) is 5.69 Å². The minimum absolute atomic E-state index is 0.0548. The van der Waals surface area contributed by atoms with Crippen molar-refractivity contribution in [2.45, 2.75) is 20.0 Å². The molecule has 0 N–H and O–H groups in total. The normalized spacial score (nSPS) is 14.9. The van der Waals surface area contributed by atoms with Crippen molar-refractivity contribution in [1.29, 1.82) is 0 Å². The van der Waals surface area contributed by atoms with Crippen LogP contribution in [0.3, 0.4) is 0 Å². The van der Waals surface area contributed by atoms with Crippen LogP contribution in [0.1, 0.15) is 18.1 Å². The summed E-state index contributed by atoms with van der Waals surface area (Å²) in [5.41, 5.74) is 2.22. The van der Waals surface area contributed by atoms with Gasteiger partial charge in [-0.1, -0.05) is 6.92 Å². The number of nitrogens with zero attached hydrogens (tertiary/aromatic N) is 2. The highest BCUT2D eigenvalue weighted by Crippen LogP contribution is 2.34. The molecule has 0 fully saturated rings. The topological polar surface area (TPSA) is 55.6 Å². The number of hydrogen-bond acceptors (Lipinski definition) is 4. The van der Waals surface area contributed by atoms with E-state index in [4.69, 9.17) is 4.74 Å². The van der Waals surface area contributed by atoms with Crippen LogP contribution in [-0.2, 0) is 13.1 Å². The lowest BCUT2D eigenvalue weighted by Gasteiger charge is -2.09. The van der Waals surface area contributed by atoms with Crippen LogP contribution in [0.2, 0.25) is 0 Å². The van der Waals surface area contributed by atoms with Crippen LogP contribution < -0.4 is 4.74 Å². The molecular weight excluding hydrogens is 208 g/mol. The van der Waals surface area contributed by atoms with Crippen LogP contribution in [0.4, 0.5) is 5.69 Å². The summed E-state index contributed by atoms with van der Waals surface area (Å²) in [6, 6.07) is 3.41. The molecule has 0 bridgehead atoms. The lowest BCUT2D eigenvalue weighted by molar-refractivity contribution is -0.385. The first kappa shape index (κ1) is 10.9. The van der Waals surface area contributed by atoms with Gasteiger partial charge in [0.1, 0.15) is 0 Å². The molecule has 0 aromatic heterocycles. The first-order valence-electron chi connectivity index (χ1n) is 5.22. The van der Waals surface area contributed by atoms with Crippen LogP contribution in [-0.4, -0.2) is 23.5 Å². The Bertz CT molecular complexity index is 431. The van der Waals surface area contributed by atoms with Gasteiger partial charge >= 0.3 is 5.69 Å². The molecule has 0 spiro atoms. The number of nitro benzene ring substituents is 1. The number of methoxy groups -OCH3 is 1. The van der Waals surface area contributed by atoms with E-state index in [2.05, 4.69) is 11.8 Å². The fraction of sp³-hybridized carbons (Fsp3) is 0.455. The van der Waals surface area contributed by atoms with Gasteiger partial charge in [-0.3, -0.25) is 15.0 Å². The van der Waals surface area contributed by atoms with Crippen molar-refractivity contribution >= 4 is 5.69 Å². The third-order valence-electron chi connectivity index (χ3n) is 2.93. The standard InChI is InChI=1S/C11H14N2O3/c1-3-12-6-8-4-10(13(14)15)11(16-2)5-9(8)7-12/h4-5H,3,6-7H2,1-2H3. The Hall–Kier alpha value is -1.62. The van der Waals surface area contributed by atoms with E-state index in [1.54, 1.807) is 12.1 Å². The van der Waals surface area contributed by atoms with E-state index in [1.165, 1.54) is 7.11 Å². The highest BCUT2D eigenvalue weighted by molar-refractivity contribution is 5.53. The van der Waals surface area contributed by atoms with E-state index in [1.807, 2.05) is 0 Å². The molecule has 1 aromatic rings. The summed E-state index contributed by atoms with van der Waals surface area (Å²) >= 11 is 0. The molecule has 0 aliphatic carbocycles. The molecule has 0 saturated heterocycles. The predicted octanol–water partition coefficient (Wildman–Crippen LogP) is 1.94. The highest BCUT2D eigenvalue weighted by Gasteiger charge is 2.24. The van der Waals surface area contributed by atoms with Crippen molar-refractivity contribution < 1.29 is 9.66 Å². The second-order valence-corrected chi connectivity index (χ2v) is 3.85. The molecule has 2 rings (SSSR count). The molecule has 1 heterocycles. The fourth-order valence-corrected chi connectivity index (χ4v) is 2.02. The Morgan fingerprint density at radius 1 is 1.44 bits per heavy atom. The van der Waals surface area contributed by atoms with Gasteiger partial charge in [-0.25, -0.2) is 0 Å². The van der Waals surface area contributed by atoms with E-state index < -0.39 is 4.92 Å². The molecule has 0 amide bonds. The number of ether oxygens (including phenoxy) is 1. The molecule has 0 saturated carbocycles. The smallest absolute Gasteiger partial charge is 0.311 e. The molecule has 1 aliphatic rings. The predicted molar refractivity (Wildman–Crippen MR) is 59.4 cm³/mol. The summed E-state index contributed by atoms with van der Waals surface area (Å²) in [5, 5.41) is 10.8. The first-order chi connectivity index (χ1) is 7.65. The van der Waals surface area contributed by atoms with Gasteiger partial charge in [-0.2, -0.15) is 0 Å². The van der Waals surface area contributed by atoms with Gasteiger partial charge in [0.05, 0.1) is 12.0 Å². The van der Waals surface area contributed by atoms with Crippen molar-refractivity contribution in [3.63, 3.8) is 0 Å². The van der Waals surface area contributed by atoms with Crippen molar-refractivity contribution in [1.82, 2.24) is 4.90 Å². The molecule has 16 heavy (non-hydrogen) atoms. The van der Waals surface area contributed by atoms with Gasteiger partial charge in [0.2, 0.25) is 0 Å². The van der Waals surface area contributed by atoms with Crippen molar-refractivity contribution in [3.8, 4) is 5.75 Å². The lowest BCUT2D eigenvalue weighted by Crippen LogP contribution is -2.14. The van der Waals surface area contributed by atoms with E-state index >= 15 is 0 Å². The summed E-state index contributed by atoms with van der Waals surface area (Å²) in [5.74, 6) is 0.349. The van der Waals surface area contributed by atoms with Gasteiger partial charge in [0.15, 0.2) is 5.75 Å². The number of hydrogen-bond donors (Lipinski definition) is 0. The Kier molecular flexibility index (Phi) is 2.78. The van der Waals surface area contributed by atoms with E-state index in [9.17, 15) is 10.1 Å². The molecule has 1 aromatic carbocycles. The molecule has 0 radical (unpaired) electrons. The molecule has 0 atom stereocenters. The van der Waals surface area contributed by atoms with Crippen molar-refractivity contribution in [2.75, 3.05) is 13.7 Å². The van der Waals surface area contributed by atoms with Crippen LogP contribution in [0.25, 0.3) is 0 Å². The Morgan fingerprint density at radius 2 is 2.06 bits per heavy atom. The first-order valence-corrected chi connectivity index (χ1v) is 5.22. The number of rotatable bonds is 3. The minimum Gasteiger partial charge on any atom is -0.490 e. The van der Waals surface area contributed by atoms with Crippen LogP contribution >= 0.6 is 0 Å². The maximum Gasteiger partial charge on any atom is 0.311 e. The lowest BCUT2D eigenvalue weighted by atomic mass is 10.1. The van der Waals surface area contributed by atoms with Crippen LogP contribution in [0.15, 0.2) is 12.1 Å². The molecule has 86 valence electrons. The Labute approximate surface area is 93.8 Å². The summed E-state index contributed by atoms with van der Waals surface area (Å²) in [6.07, 6.45) is 0. The Morgan fingerprint density at radius 3 is 2.56 bits per heavy atom. The van der Waals surface area contributed by atoms with E-state index in [0.29, 0.717) is 5.75 Å². The van der Waals surface area contributed by atoms with E-state index in [0.717, 1.165) is 30.8 Å². The molecule has 5 heteroatoms. The number of nitro groups is 1. The number of benzene rings is 1. The quantitative estimate of drug-likeness (QED) is 0.579. The third-order valence-corrected chi connectivity index (χ3v) is 2.93. The van der Waals surface area contributed by atoms with Gasteiger partial charge < -0.3 is 4.74 Å². The van der Waals surface area contributed by atoms with Crippen molar-refractivity contribution in [2.24, 2.45) is 0 Å². The zero-order chi connectivity index (χ0) is 11.7. The molecule has 0 unspecified atom stereocenters. The monoisotopic (exact) mass is 222 g/mol. The second kappa shape index (κ2) is 4.09. The average Bonchev–Trinajstić information content (AvgIpc) is 2.68. The highest BCUT2D eigenvalue weighted by atomic mass is 16.6. The summed E-state index contributed by atoms with van der Waals surface area (Å²) in [4.78, 5) is 12.7. The average molecular weight is 222 g/mol. The van der Waals surface area contributed by atoms with Crippen molar-refractivity contribution in [3.05, 3.63) is 33.4 Å². The fourth-order valence-electron chi connectivity index (χ4n) is 2.02.